The van der Waals surface area contributed by atoms with E-state index >= 15 is 0 Å². The number of ether oxygens (including phenoxy) is 1. The van der Waals surface area contributed by atoms with Gasteiger partial charge in [-0.05, 0) is 12.1 Å². The summed E-state index contributed by atoms with van der Waals surface area (Å²) in [5.41, 5.74) is -0.349. The molecule has 9 heteroatoms. The van der Waals surface area contributed by atoms with Crippen molar-refractivity contribution in [2.24, 2.45) is 0 Å². The number of nitrogens with zero attached hydrogens (tertiary/aromatic N) is 1. The number of hydrogen-bond donors (Lipinski definition) is 0. The van der Waals surface area contributed by atoms with E-state index in [9.17, 15) is 18.9 Å². The lowest BCUT2D eigenvalue weighted by molar-refractivity contribution is -0.384. The number of hydrogen-bond acceptors (Lipinski definition) is 3. The average molecular weight is 399 g/mol. The third-order valence-corrected chi connectivity index (χ3v) is 3.38. The van der Waals surface area contributed by atoms with Crippen LogP contribution >= 0.6 is 39.1 Å². The molecular formula is C12H4BrCl2F2NO3. The molecule has 0 fully saturated rings. The van der Waals surface area contributed by atoms with Crippen LogP contribution in [0.5, 0.6) is 11.5 Å². The first-order chi connectivity index (χ1) is 9.79. The predicted molar refractivity (Wildman–Crippen MR) is 77.2 cm³/mol. The van der Waals surface area contributed by atoms with Gasteiger partial charge in [0.05, 0.1) is 15.0 Å². The van der Waals surface area contributed by atoms with Gasteiger partial charge in [-0.15, -0.1) is 0 Å². The molecule has 21 heavy (non-hydrogen) atoms. The number of non-ortho nitro benzene ring substituents is 1. The molecule has 110 valence electrons. The average Bonchev–Trinajstić information content (AvgIpc) is 2.38. The second-order valence-corrected chi connectivity index (χ2v) is 5.53. The Labute approximate surface area is 135 Å². The standard InChI is InChI=1S/C12H4BrCl2F2NO3/c13-5-1-9(16)11(17)10(2-5)21-12-7(14)3-6(18(19)20)4-8(12)15/h1-4H. The molecule has 0 unspecified atom stereocenters. The summed E-state index contributed by atoms with van der Waals surface area (Å²) in [6.07, 6.45) is 0. The molecule has 0 saturated heterocycles. The molecule has 4 nitrogen and oxygen atoms in total. The molecule has 0 aromatic heterocycles. The van der Waals surface area contributed by atoms with Crippen LogP contribution in [0.15, 0.2) is 28.7 Å². The molecule has 2 aromatic carbocycles. The highest BCUT2D eigenvalue weighted by Crippen LogP contribution is 2.40. The summed E-state index contributed by atoms with van der Waals surface area (Å²) in [5.74, 6) is -3.03. The van der Waals surface area contributed by atoms with Gasteiger partial charge < -0.3 is 4.74 Å². The minimum absolute atomic E-state index is 0.200. The van der Waals surface area contributed by atoms with Gasteiger partial charge >= 0.3 is 0 Å². The summed E-state index contributed by atoms with van der Waals surface area (Å²) >= 11 is 14.6. The maximum atomic E-state index is 13.6. The summed E-state index contributed by atoms with van der Waals surface area (Å²) in [6.45, 7) is 0. The minimum atomic E-state index is -1.23. The molecule has 0 bridgehead atoms. The van der Waals surface area contributed by atoms with E-state index in [0.29, 0.717) is 0 Å². The van der Waals surface area contributed by atoms with Crippen LogP contribution in [0.1, 0.15) is 0 Å². The lowest BCUT2D eigenvalue weighted by Crippen LogP contribution is -1.95. The zero-order chi connectivity index (χ0) is 15.7. The molecule has 0 atom stereocenters. The summed E-state index contributed by atoms with van der Waals surface area (Å²) in [7, 11) is 0. The predicted octanol–water partition coefficient (Wildman–Crippen LogP) is 5.73. The van der Waals surface area contributed by atoms with Crippen molar-refractivity contribution in [2.75, 3.05) is 0 Å². The summed E-state index contributed by atoms with van der Waals surface area (Å²) in [5, 5.41) is 10.3. The smallest absolute Gasteiger partial charge is 0.272 e. The van der Waals surface area contributed by atoms with Gasteiger partial charge in [0.25, 0.3) is 5.69 Å². The Balaban J connectivity index is 2.48. The Morgan fingerprint density at radius 2 is 1.71 bits per heavy atom. The number of nitro benzene ring substituents is 1. The molecule has 0 radical (unpaired) electrons. The van der Waals surface area contributed by atoms with Crippen LogP contribution in [0, 0.1) is 21.7 Å². The van der Waals surface area contributed by atoms with Crippen molar-refractivity contribution >= 4 is 44.8 Å². The SMILES string of the molecule is O=[N+]([O-])c1cc(Cl)c(Oc2cc(Br)cc(F)c2F)c(Cl)c1. The second-order valence-electron chi connectivity index (χ2n) is 3.80. The lowest BCUT2D eigenvalue weighted by atomic mass is 10.3. The van der Waals surface area contributed by atoms with Crippen molar-refractivity contribution in [3.8, 4) is 11.5 Å². The van der Waals surface area contributed by atoms with Crippen molar-refractivity contribution in [2.45, 2.75) is 0 Å². The molecule has 0 spiro atoms. The fourth-order valence-corrected chi connectivity index (χ4v) is 2.43. The Bertz CT molecular complexity index is 720. The highest BCUT2D eigenvalue weighted by atomic mass is 79.9. The highest BCUT2D eigenvalue weighted by molar-refractivity contribution is 9.10. The Kier molecular flexibility index (Phi) is 4.65. The monoisotopic (exact) mass is 397 g/mol. The van der Waals surface area contributed by atoms with Crippen LogP contribution in [0.3, 0.4) is 0 Å². The van der Waals surface area contributed by atoms with Crippen LogP contribution in [-0.4, -0.2) is 4.92 Å². The van der Waals surface area contributed by atoms with Gasteiger partial charge in [0.15, 0.2) is 17.3 Å². The van der Waals surface area contributed by atoms with Gasteiger partial charge in [-0.3, -0.25) is 10.1 Å². The van der Waals surface area contributed by atoms with E-state index in [1.54, 1.807) is 0 Å². The lowest BCUT2D eigenvalue weighted by Gasteiger charge is -2.11. The first kappa shape index (κ1) is 15.9. The van der Waals surface area contributed by atoms with Crippen molar-refractivity contribution < 1.29 is 18.4 Å². The molecule has 0 saturated carbocycles. The topological polar surface area (TPSA) is 52.4 Å². The number of benzene rings is 2. The summed E-state index contributed by atoms with van der Waals surface area (Å²) in [4.78, 5) is 9.96. The molecule has 0 aliphatic carbocycles. The highest BCUT2D eigenvalue weighted by Gasteiger charge is 2.19. The van der Waals surface area contributed by atoms with Crippen LogP contribution in [-0.2, 0) is 0 Å². The van der Waals surface area contributed by atoms with E-state index in [-0.39, 0.29) is 26.0 Å². The Hall–Kier alpha value is -1.44. The zero-order valence-electron chi connectivity index (χ0n) is 9.87. The number of halogens is 5. The van der Waals surface area contributed by atoms with Crippen molar-refractivity contribution in [1.82, 2.24) is 0 Å². The fourth-order valence-electron chi connectivity index (χ4n) is 1.47. The quantitative estimate of drug-likeness (QED) is 0.376. The van der Waals surface area contributed by atoms with E-state index in [2.05, 4.69) is 15.9 Å². The molecule has 0 amide bonds. The minimum Gasteiger partial charge on any atom is -0.451 e. The third kappa shape index (κ3) is 3.42. The van der Waals surface area contributed by atoms with Crippen LogP contribution in [0.4, 0.5) is 14.5 Å². The van der Waals surface area contributed by atoms with Gasteiger partial charge in [-0.25, -0.2) is 4.39 Å². The molecule has 2 aromatic rings. The maximum Gasteiger partial charge on any atom is 0.272 e. The number of nitro groups is 1. The first-order valence-corrected chi connectivity index (χ1v) is 6.80. The van der Waals surface area contributed by atoms with Gasteiger partial charge in [0.1, 0.15) is 0 Å². The van der Waals surface area contributed by atoms with E-state index in [1.807, 2.05) is 0 Å². The summed E-state index contributed by atoms with van der Waals surface area (Å²) < 4.78 is 32.3. The molecule has 0 aliphatic rings. The maximum absolute atomic E-state index is 13.6. The number of rotatable bonds is 3. The first-order valence-electron chi connectivity index (χ1n) is 5.25. The molecule has 0 N–H and O–H groups in total. The van der Waals surface area contributed by atoms with Crippen molar-refractivity contribution in [3.05, 3.63) is 60.5 Å². The Morgan fingerprint density at radius 3 is 2.24 bits per heavy atom. The molecule has 0 aliphatic heterocycles. The summed E-state index contributed by atoms with van der Waals surface area (Å²) in [6, 6.07) is 4.08. The normalized spacial score (nSPS) is 10.5. The largest absolute Gasteiger partial charge is 0.451 e. The van der Waals surface area contributed by atoms with Gasteiger partial charge in [-0.1, -0.05) is 39.1 Å². The molecular weight excluding hydrogens is 395 g/mol. The van der Waals surface area contributed by atoms with Gasteiger partial charge in [-0.2, -0.15) is 4.39 Å². The van der Waals surface area contributed by atoms with E-state index in [4.69, 9.17) is 27.9 Å². The van der Waals surface area contributed by atoms with Crippen molar-refractivity contribution in [3.63, 3.8) is 0 Å². The van der Waals surface area contributed by atoms with Crippen LogP contribution in [0.2, 0.25) is 10.0 Å². The molecule has 2 rings (SSSR count). The second kappa shape index (κ2) is 6.13. The third-order valence-electron chi connectivity index (χ3n) is 2.37. The van der Waals surface area contributed by atoms with E-state index in [0.717, 1.165) is 18.2 Å². The van der Waals surface area contributed by atoms with Crippen LogP contribution < -0.4 is 4.74 Å². The fraction of sp³-hybridized carbons (Fsp3) is 0. The zero-order valence-corrected chi connectivity index (χ0v) is 13.0. The van der Waals surface area contributed by atoms with Gasteiger partial charge in [0, 0.05) is 16.6 Å². The molecule has 0 heterocycles. The van der Waals surface area contributed by atoms with E-state index < -0.39 is 22.3 Å². The van der Waals surface area contributed by atoms with Gasteiger partial charge in [0.2, 0.25) is 5.82 Å². The van der Waals surface area contributed by atoms with E-state index in [1.165, 1.54) is 6.07 Å². The van der Waals surface area contributed by atoms with Crippen molar-refractivity contribution in [1.29, 1.82) is 0 Å². The van der Waals surface area contributed by atoms with Crippen LogP contribution in [0.25, 0.3) is 0 Å². The Morgan fingerprint density at radius 1 is 1.14 bits per heavy atom.